The van der Waals surface area contributed by atoms with Crippen LogP contribution >= 0.6 is 24.0 Å². The summed E-state index contributed by atoms with van der Waals surface area (Å²) in [5.41, 5.74) is 1.95. The molecule has 0 spiro atoms. The second kappa shape index (κ2) is 5.92. The van der Waals surface area contributed by atoms with Gasteiger partial charge < -0.3 is 15.4 Å². The standard InChI is InChI=1S/C13H14ClN3O.ClH/c14-9-3-1-2-8(4-9)12-7-16-13(17-12)11-5-10(18)6-15-11;/h1-4,7,10-11,15,18H,5-6H2,(H,16,17);1H/t10-,11+;/m1./s1. The Morgan fingerprint density at radius 3 is 2.89 bits per heavy atom. The third-order valence-electron chi connectivity index (χ3n) is 3.17. The van der Waals surface area contributed by atoms with Crippen LogP contribution in [0.4, 0.5) is 0 Å². The smallest absolute Gasteiger partial charge is 0.123 e. The van der Waals surface area contributed by atoms with Gasteiger partial charge in [0, 0.05) is 17.1 Å². The number of benzene rings is 1. The summed E-state index contributed by atoms with van der Waals surface area (Å²) in [6.07, 6.45) is 2.21. The van der Waals surface area contributed by atoms with Crippen LogP contribution in [0.3, 0.4) is 0 Å². The first-order valence-corrected chi connectivity index (χ1v) is 6.32. The number of aromatic amines is 1. The molecule has 1 saturated heterocycles. The number of imidazole rings is 1. The van der Waals surface area contributed by atoms with E-state index in [0.29, 0.717) is 18.0 Å². The second-order valence-corrected chi connectivity index (χ2v) is 4.98. The number of nitrogens with zero attached hydrogens (tertiary/aromatic N) is 1. The molecule has 4 nitrogen and oxygen atoms in total. The van der Waals surface area contributed by atoms with Gasteiger partial charge in [-0.2, -0.15) is 0 Å². The number of hydrogen-bond acceptors (Lipinski definition) is 3. The van der Waals surface area contributed by atoms with Crippen LogP contribution in [0.1, 0.15) is 18.3 Å². The molecule has 2 atom stereocenters. The van der Waals surface area contributed by atoms with Crippen LogP contribution in [0.2, 0.25) is 5.02 Å². The zero-order valence-electron chi connectivity index (χ0n) is 10.1. The third kappa shape index (κ3) is 3.09. The SMILES string of the molecule is Cl.O[C@H]1CN[C@H](c2ncc(-c3cccc(Cl)c3)[nH]2)C1. The van der Waals surface area contributed by atoms with Gasteiger partial charge in [-0.15, -0.1) is 12.4 Å². The Labute approximate surface area is 122 Å². The molecule has 3 N–H and O–H groups in total. The molecule has 0 saturated carbocycles. The maximum atomic E-state index is 9.50. The molecule has 0 aliphatic carbocycles. The third-order valence-corrected chi connectivity index (χ3v) is 3.40. The van der Waals surface area contributed by atoms with Gasteiger partial charge >= 0.3 is 0 Å². The van der Waals surface area contributed by atoms with Crippen molar-refractivity contribution in [3.05, 3.63) is 41.3 Å². The lowest BCUT2D eigenvalue weighted by Crippen LogP contribution is -2.15. The first kappa shape index (κ1) is 14.3. The van der Waals surface area contributed by atoms with Crippen molar-refractivity contribution in [2.75, 3.05) is 6.54 Å². The van der Waals surface area contributed by atoms with E-state index in [1.807, 2.05) is 24.3 Å². The number of nitrogens with one attached hydrogen (secondary N) is 2. The lowest BCUT2D eigenvalue weighted by Gasteiger charge is -2.05. The first-order valence-electron chi connectivity index (χ1n) is 5.94. The Morgan fingerprint density at radius 1 is 1.37 bits per heavy atom. The lowest BCUT2D eigenvalue weighted by atomic mass is 10.2. The average Bonchev–Trinajstić information content (AvgIpc) is 2.97. The van der Waals surface area contributed by atoms with Gasteiger partial charge in [-0.1, -0.05) is 23.7 Å². The van der Waals surface area contributed by atoms with Gasteiger partial charge in [0.15, 0.2) is 0 Å². The highest BCUT2D eigenvalue weighted by atomic mass is 35.5. The van der Waals surface area contributed by atoms with Crippen molar-refractivity contribution >= 4 is 24.0 Å². The van der Waals surface area contributed by atoms with E-state index >= 15 is 0 Å². The Kier molecular flexibility index (Phi) is 4.47. The van der Waals surface area contributed by atoms with E-state index in [1.165, 1.54) is 0 Å². The minimum absolute atomic E-state index is 0. The predicted molar refractivity (Wildman–Crippen MR) is 77.6 cm³/mol. The summed E-state index contributed by atoms with van der Waals surface area (Å²) in [5.74, 6) is 0.863. The monoisotopic (exact) mass is 299 g/mol. The van der Waals surface area contributed by atoms with Crippen molar-refractivity contribution in [2.24, 2.45) is 0 Å². The van der Waals surface area contributed by atoms with Gasteiger partial charge in [0.25, 0.3) is 0 Å². The van der Waals surface area contributed by atoms with E-state index in [2.05, 4.69) is 15.3 Å². The Morgan fingerprint density at radius 2 is 2.21 bits per heavy atom. The van der Waals surface area contributed by atoms with E-state index in [9.17, 15) is 5.11 Å². The van der Waals surface area contributed by atoms with Crippen molar-refractivity contribution < 1.29 is 5.11 Å². The van der Waals surface area contributed by atoms with Gasteiger partial charge in [0.05, 0.1) is 24.0 Å². The van der Waals surface area contributed by atoms with Crippen molar-refractivity contribution in [1.82, 2.24) is 15.3 Å². The number of halogens is 2. The molecule has 0 amide bonds. The molecule has 2 aromatic rings. The molecular weight excluding hydrogens is 285 g/mol. The van der Waals surface area contributed by atoms with Gasteiger partial charge in [0.2, 0.25) is 0 Å². The van der Waals surface area contributed by atoms with Crippen LogP contribution < -0.4 is 5.32 Å². The lowest BCUT2D eigenvalue weighted by molar-refractivity contribution is 0.193. The molecule has 1 aliphatic heterocycles. The fourth-order valence-corrected chi connectivity index (χ4v) is 2.43. The van der Waals surface area contributed by atoms with Gasteiger partial charge in [-0.05, 0) is 18.6 Å². The molecule has 1 aromatic heterocycles. The average molecular weight is 300 g/mol. The molecule has 0 bridgehead atoms. The quantitative estimate of drug-likeness (QED) is 0.799. The highest BCUT2D eigenvalue weighted by Gasteiger charge is 2.25. The maximum Gasteiger partial charge on any atom is 0.123 e. The van der Waals surface area contributed by atoms with Gasteiger partial charge in [-0.3, -0.25) is 0 Å². The van der Waals surface area contributed by atoms with Crippen molar-refractivity contribution in [1.29, 1.82) is 0 Å². The molecule has 2 heterocycles. The summed E-state index contributed by atoms with van der Waals surface area (Å²) >= 11 is 5.97. The molecule has 0 unspecified atom stereocenters. The first-order chi connectivity index (χ1) is 8.72. The van der Waals surface area contributed by atoms with Crippen molar-refractivity contribution in [3.8, 4) is 11.3 Å². The summed E-state index contributed by atoms with van der Waals surface area (Å²) in [7, 11) is 0. The highest BCUT2D eigenvalue weighted by molar-refractivity contribution is 6.30. The number of H-pyrrole nitrogens is 1. The van der Waals surface area contributed by atoms with E-state index < -0.39 is 0 Å². The van der Waals surface area contributed by atoms with Crippen LogP contribution in [0.25, 0.3) is 11.3 Å². The minimum atomic E-state index is -0.283. The zero-order chi connectivity index (χ0) is 12.5. The van der Waals surface area contributed by atoms with E-state index in [0.717, 1.165) is 17.1 Å². The number of aliphatic hydroxyl groups excluding tert-OH is 1. The molecule has 6 heteroatoms. The summed E-state index contributed by atoms with van der Waals surface area (Å²) in [6, 6.07) is 7.75. The molecule has 3 rings (SSSR count). The Bertz CT molecular complexity index is 558. The number of rotatable bonds is 2. The normalized spacial score (nSPS) is 22.2. The van der Waals surface area contributed by atoms with Crippen LogP contribution in [0.15, 0.2) is 30.5 Å². The minimum Gasteiger partial charge on any atom is -0.392 e. The highest BCUT2D eigenvalue weighted by Crippen LogP contribution is 2.25. The van der Waals surface area contributed by atoms with Crippen LogP contribution in [0.5, 0.6) is 0 Å². The van der Waals surface area contributed by atoms with Gasteiger partial charge in [0.1, 0.15) is 5.82 Å². The molecular formula is C13H15Cl2N3O. The molecule has 1 fully saturated rings. The van der Waals surface area contributed by atoms with Crippen molar-refractivity contribution in [2.45, 2.75) is 18.6 Å². The predicted octanol–water partition coefficient (Wildman–Crippen LogP) is 2.55. The van der Waals surface area contributed by atoms with E-state index in [4.69, 9.17) is 11.6 Å². The molecule has 1 aliphatic rings. The molecule has 102 valence electrons. The Hall–Kier alpha value is -1.07. The topological polar surface area (TPSA) is 60.9 Å². The molecule has 19 heavy (non-hydrogen) atoms. The van der Waals surface area contributed by atoms with Gasteiger partial charge in [-0.25, -0.2) is 4.98 Å². The summed E-state index contributed by atoms with van der Waals surface area (Å²) in [4.78, 5) is 7.64. The number of hydrogen-bond donors (Lipinski definition) is 3. The number of aliphatic hydroxyl groups is 1. The number of aromatic nitrogens is 2. The van der Waals surface area contributed by atoms with Crippen LogP contribution in [0, 0.1) is 0 Å². The summed E-state index contributed by atoms with van der Waals surface area (Å²) in [6.45, 7) is 0.623. The van der Waals surface area contributed by atoms with Crippen LogP contribution in [-0.4, -0.2) is 27.7 Å². The maximum absolute atomic E-state index is 9.50. The van der Waals surface area contributed by atoms with Crippen LogP contribution in [-0.2, 0) is 0 Å². The number of β-amino-alcohol motifs (C(OH)–C–C–N with tert-alkyl or cyclic N) is 1. The molecule has 1 aromatic carbocycles. The van der Waals surface area contributed by atoms with Crippen molar-refractivity contribution in [3.63, 3.8) is 0 Å². The zero-order valence-corrected chi connectivity index (χ0v) is 11.7. The second-order valence-electron chi connectivity index (χ2n) is 4.54. The summed E-state index contributed by atoms with van der Waals surface area (Å²) in [5, 5.41) is 13.4. The van der Waals surface area contributed by atoms with E-state index in [1.54, 1.807) is 6.20 Å². The Balaban J connectivity index is 0.00000133. The fourth-order valence-electron chi connectivity index (χ4n) is 2.24. The fraction of sp³-hybridized carbons (Fsp3) is 0.308. The van der Waals surface area contributed by atoms with E-state index in [-0.39, 0.29) is 24.6 Å². The largest absolute Gasteiger partial charge is 0.392 e. The molecule has 0 radical (unpaired) electrons. The summed E-state index contributed by atoms with van der Waals surface area (Å²) < 4.78 is 0.